The van der Waals surface area contributed by atoms with Crippen molar-refractivity contribution in [2.45, 2.75) is 20.3 Å². The van der Waals surface area contributed by atoms with Crippen LogP contribution in [0.3, 0.4) is 0 Å². The molecule has 2 rings (SSSR count). The molecule has 0 aliphatic rings. The molecule has 0 unspecified atom stereocenters. The van der Waals surface area contributed by atoms with Gasteiger partial charge in [0, 0.05) is 5.56 Å². The molecule has 0 saturated carbocycles. The molecule has 0 amide bonds. The molecule has 0 saturated heterocycles. The topological polar surface area (TPSA) is 9.23 Å². The van der Waals surface area contributed by atoms with Gasteiger partial charge in [-0.3, -0.25) is 0 Å². The molecule has 0 heterocycles. The van der Waals surface area contributed by atoms with Gasteiger partial charge in [-0.05, 0) is 36.6 Å². The van der Waals surface area contributed by atoms with Gasteiger partial charge in [-0.1, -0.05) is 25.1 Å². The Morgan fingerprint density at radius 3 is 2.30 bits per heavy atom. The van der Waals surface area contributed by atoms with E-state index in [-0.39, 0.29) is 16.9 Å². The van der Waals surface area contributed by atoms with Gasteiger partial charge in [0.2, 0.25) is 0 Å². The van der Waals surface area contributed by atoms with Gasteiger partial charge < -0.3 is 4.74 Å². The summed E-state index contributed by atoms with van der Waals surface area (Å²) in [4.78, 5) is 0. The third-order valence-corrected chi connectivity index (χ3v) is 3.09. The Morgan fingerprint density at radius 1 is 0.950 bits per heavy atom. The molecule has 1 nitrogen and oxygen atoms in total. The molecule has 0 N–H and O–H groups in total. The molecular weight excluding hydrogens is 265 g/mol. The van der Waals surface area contributed by atoms with Crippen molar-refractivity contribution in [1.82, 2.24) is 0 Å². The Bertz CT molecular complexity index is 623. The van der Waals surface area contributed by atoms with Crippen LogP contribution in [0.1, 0.15) is 19.4 Å². The van der Waals surface area contributed by atoms with Crippen LogP contribution < -0.4 is 4.74 Å². The predicted molar refractivity (Wildman–Crippen MR) is 72.3 cm³/mol. The second-order valence-corrected chi connectivity index (χ2v) is 4.33. The van der Waals surface area contributed by atoms with Crippen LogP contribution in [-0.4, -0.2) is 6.61 Å². The predicted octanol–water partition coefficient (Wildman–Crippen LogP) is 4.73. The summed E-state index contributed by atoms with van der Waals surface area (Å²) in [5.41, 5.74) is 0.629. The molecule has 20 heavy (non-hydrogen) atoms. The summed E-state index contributed by atoms with van der Waals surface area (Å²) in [5, 5.41) is 0. The minimum Gasteiger partial charge on any atom is -0.491 e. The van der Waals surface area contributed by atoms with Gasteiger partial charge in [0.1, 0.15) is 0 Å². The van der Waals surface area contributed by atoms with Crippen LogP contribution in [0.25, 0.3) is 11.1 Å². The number of benzene rings is 2. The Labute approximate surface area is 116 Å². The number of aryl methyl sites for hydroxylation is 1. The third kappa shape index (κ3) is 2.64. The maximum atomic E-state index is 14.0. The van der Waals surface area contributed by atoms with E-state index in [0.29, 0.717) is 18.6 Å². The molecule has 0 radical (unpaired) electrons. The highest BCUT2D eigenvalue weighted by molar-refractivity contribution is 5.65. The molecule has 0 bridgehead atoms. The SMILES string of the molecule is CCOc1ccc(-c2ccc(CC)c(F)c2F)cc1F. The van der Waals surface area contributed by atoms with E-state index in [2.05, 4.69) is 0 Å². The van der Waals surface area contributed by atoms with Crippen molar-refractivity contribution in [1.29, 1.82) is 0 Å². The third-order valence-electron chi connectivity index (χ3n) is 3.09. The van der Waals surface area contributed by atoms with Gasteiger partial charge in [-0.15, -0.1) is 0 Å². The lowest BCUT2D eigenvalue weighted by atomic mass is 10.0. The van der Waals surface area contributed by atoms with E-state index in [9.17, 15) is 13.2 Å². The minimum atomic E-state index is -0.951. The fourth-order valence-electron chi connectivity index (χ4n) is 2.03. The van der Waals surface area contributed by atoms with Gasteiger partial charge in [-0.25, -0.2) is 13.2 Å². The maximum absolute atomic E-state index is 14.0. The zero-order valence-electron chi connectivity index (χ0n) is 11.3. The summed E-state index contributed by atoms with van der Waals surface area (Å²) >= 11 is 0. The van der Waals surface area contributed by atoms with Crippen LogP contribution in [-0.2, 0) is 6.42 Å². The van der Waals surface area contributed by atoms with E-state index in [1.54, 1.807) is 13.8 Å². The van der Waals surface area contributed by atoms with Crippen molar-refractivity contribution < 1.29 is 17.9 Å². The van der Waals surface area contributed by atoms with Crippen molar-refractivity contribution in [2.24, 2.45) is 0 Å². The summed E-state index contributed by atoms with van der Waals surface area (Å²) < 4.78 is 46.6. The Morgan fingerprint density at radius 2 is 1.70 bits per heavy atom. The lowest BCUT2D eigenvalue weighted by molar-refractivity contribution is 0.321. The zero-order chi connectivity index (χ0) is 14.7. The second kappa shape index (κ2) is 5.99. The molecule has 4 heteroatoms. The van der Waals surface area contributed by atoms with Gasteiger partial charge in [0.05, 0.1) is 6.61 Å². The van der Waals surface area contributed by atoms with E-state index in [1.165, 1.54) is 24.3 Å². The Kier molecular flexibility index (Phi) is 4.32. The number of ether oxygens (including phenoxy) is 1. The molecule has 2 aromatic rings. The van der Waals surface area contributed by atoms with Crippen LogP contribution in [0.15, 0.2) is 30.3 Å². The first-order chi connectivity index (χ1) is 9.58. The zero-order valence-corrected chi connectivity index (χ0v) is 11.3. The Hall–Kier alpha value is -1.97. The van der Waals surface area contributed by atoms with Crippen LogP contribution in [0.4, 0.5) is 13.2 Å². The van der Waals surface area contributed by atoms with Crippen LogP contribution in [0.5, 0.6) is 5.75 Å². The fraction of sp³-hybridized carbons (Fsp3) is 0.250. The smallest absolute Gasteiger partial charge is 0.166 e. The monoisotopic (exact) mass is 280 g/mol. The fourth-order valence-corrected chi connectivity index (χ4v) is 2.03. The highest BCUT2D eigenvalue weighted by Gasteiger charge is 2.15. The summed E-state index contributed by atoms with van der Waals surface area (Å²) in [6.07, 6.45) is 0.403. The number of hydrogen-bond acceptors (Lipinski definition) is 1. The van der Waals surface area contributed by atoms with Crippen LogP contribution >= 0.6 is 0 Å². The molecule has 0 atom stereocenters. The van der Waals surface area contributed by atoms with Crippen molar-refractivity contribution in [2.75, 3.05) is 6.61 Å². The number of rotatable bonds is 4. The van der Waals surface area contributed by atoms with E-state index >= 15 is 0 Å². The van der Waals surface area contributed by atoms with Gasteiger partial charge in [0.15, 0.2) is 23.2 Å². The lowest BCUT2D eigenvalue weighted by Crippen LogP contribution is -1.98. The highest BCUT2D eigenvalue weighted by Crippen LogP contribution is 2.29. The molecule has 0 fully saturated rings. The highest BCUT2D eigenvalue weighted by atomic mass is 19.2. The standard InChI is InChI=1S/C16H15F3O/c1-3-10-5-7-12(16(19)15(10)18)11-6-8-14(20-4-2)13(17)9-11/h5-9H,3-4H2,1-2H3. The van der Waals surface area contributed by atoms with E-state index in [1.807, 2.05) is 0 Å². The molecule has 0 spiro atoms. The average molecular weight is 280 g/mol. The second-order valence-electron chi connectivity index (χ2n) is 4.33. The van der Waals surface area contributed by atoms with Crippen molar-refractivity contribution >= 4 is 0 Å². The average Bonchev–Trinajstić information content (AvgIpc) is 2.44. The molecule has 106 valence electrons. The molecule has 0 aromatic heterocycles. The quantitative estimate of drug-likeness (QED) is 0.786. The van der Waals surface area contributed by atoms with Gasteiger partial charge in [0.25, 0.3) is 0 Å². The van der Waals surface area contributed by atoms with Crippen molar-refractivity contribution in [3.05, 3.63) is 53.3 Å². The maximum Gasteiger partial charge on any atom is 0.166 e. The lowest BCUT2D eigenvalue weighted by Gasteiger charge is -2.09. The van der Waals surface area contributed by atoms with Crippen molar-refractivity contribution in [3.63, 3.8) is 0 Å². The van der Waals surface area contributed by atoms with E-state index in [4.69, 9.17) is 4.74 Å². The first kappa shape index (κ1) is 14.4. The molecule has 0 aliphatic carbocycles. The van der Waals surface area contributed by atoms with E-state index in [0.717, 1.165) is 6.07 Å². The van der Waals surface area contributed by atoms with Crippen molar-refractivity contribution in [3.8, 4) is 16.9 Å². The van der Waals surface area contributed by atoms with Crippen LogP contribution in [0, 0.1) is 17.5 Å². The summed E-state index contributed by atoms with van der Waals surface area (Å²) in [5.74, 6) is -2.32. The summed E-state index contributed by atoms with van der Waals surface area (Å²) in [6, 6.07) is 7.06. The molecule has 2 aromatic carbocycles. The first-order valence-electron chi connectivity index (χ1n) is 6.48. The van der Waals surface area contributed by atoms with Gasteiger partial charge >= 0.3 is 0 Å². The number of hydrogen-bond donors (Lipinski definition) is 0. The van der Waals surface area contributed by atoms with Gasteiger partial charge in [-0.2, -0.15) is 0 Å². The van der Waals surface area contributed by atoms with E-state index < -0.39 is 17.5 Å². The number of halogens is 3. The largest absolute Gasteiger partial charge is 0.491 e. The normalized spacial score (nSPS) is 10.7. The molecular formula is C16H15F3O. The first-order valence-corrected chi connectivity index (χ1v) is 6.48. The molecule has 0 aliphatic heterocycles. The van der Waals surface area contributed by atoms with Crippen LogP contribution in [0.2, 0.25) is 0 Å². The Balaban J connectivity index is 2.47. The minimum absolute atomic E-state index is 0.0432. The summed E-state index contributed by atoms with van der Waals surface area (Å²) in [7, 11) is 0. The summed E-state index contributed by atoms with van der Waals surface area (Å²) in [6.45, 7) is 3.82.